The van der Waals surface area contributed by atoms with Gasteiger partial charge in [0.1, 0.15) is 6.29 Å². The summed E-state index contributed by atoms with van der Waals surface area (Å²) in [6.45, 7) is 1.87. The van der Waals surface area contributed by atoms with Crippen LogP contribution in [0, 0.1) is 0 Å². The van der Waals surface area contributed by atoms with Crippen LogP contribution in [-0.4, -0.2) is 20.5 Å². The average molecular weight is 296 g/mol. The normalized spacial score (nSPS) is 13.0. The molecule has 1 atom stereocenters. The third-order valence-electron chi connectivity index (χ3n) is 3.55. The Kier molecular flexibility index (Phi) is 5.37. The Morgan fingerprint density at radius 3 is 2.09 bits per heavy atom. The van der Waals surface area contributed by atoms with Crippen LogP contribution < -0.4 is 0 Å². The van der Waals surface area contributed by atoms with Gasteiger partial charge in [-0.15, -0.1) is 0 Å². The van der Waals surface area contributed by atoms with Gasteiger partial charge in [0.15, 0.2) is 11.5 Å². The fourth-order valence-electron chi connectivity index (χ4n) is 2.43. The van der Waals surface area contributed by atoms with E-state index in [4.69, 9.17) is 9.47 Å². The lowest BCUT2D eigenvalue weighted by Gasteiger charge is -2.17. The van der Waals surface area contributed by atoms with Gasteiger partial charge in [0, 0.05) is 17.0 Å². The average Bonchev–Trinajstić information content (AvgIpc) is 2.59. The minimum Gasteiger partial charge on any atom is -0.492 e. The Bertz CT molecular complexity index is 659. The Morgan fingerprint density at radius 2 is 1.50 bits per heavy atom. The van der Waals surface area contributed by atoms with E-state index in [9.17, 15) is 4.79 Å². The van der Waals surface area contributed by atoms with Crippen molar-refractivity contribution in [3.05, 3.63) is 71.3 Å². The van der Waals surface area contributed by atoms with E-state index in [0.717, 1.165) is 23.0 Å². The number of methoxy groups -OCH3 is 2. The summed E-state index contributed by atoms with van der Waals surface area (Å²) in [4.78, 5) is 11.2. The smallest absolute Gasteiger partial charge is 0.168 e. The molecule has 0 aliphatic rings. The maximum absolute atomic E-state index is 11.2. The number of benzene rings is 2. The van der Waals surface area contributed by atoms with Crippen LogP contribution in [-0.2, 0) is 14.3 Å². The highest BCUT2D eigenvalue weighted by Crippen LogP contribution is 2.32. The van der Waals surface area contributed by atoms with Crippen molar-refractivity contribution in [1.29, 1.82) is 0 Å². The predicted octanol–water partition coefficient (Wildman–Crippen LogP) is 4.11. The van der Waals surface area contributed by atoms with Gasteiger partial charge in [0.25, 0.3) is 0 Å². The Morgan fingerprint density at radius 1 is 0.909 bits per heavy atom. The molecule has 0 aliphatic heterocycles. The first-order chi connectivity index (χ1) is 10.7. The summed E-state index contributed by atoms with van der Waals surface area (Å²) in [5, 5.41) is 0. The number of hydrogen-bond donors (Lipinski definition) is 0. The molecule has 114 valence electrons. The fourth-order valence-corrected chi connectivity index (χ4v) is 2.43. The molecule has 2 rings (SSSR count). The lowest BCUT2D eigenvalue weighted by molar-refractivity contribution is -0.108. The van der Waals surface area contributed by atoms with Crippen LogP contribution in [0.1, 0.15) is 29.5 Å². The summed E-state index contributed by atoms with van der Waals surface area (Å²) in [5.74, 6) is 1.06. The molecule has 1 unspecified atom stereocenters. The van der Waals surface area contributed by atoms with E-state index < -0.39 is 0 Å². The number of carbonyl (C=O) groups is 1. The van der Waals surface area contributed by atoms with E-state index in [2.05, 4.69) is 0 Å². The van der Waals surface area contributed by atoms with Crippen molar-refractivity contribution < 1.29 is 14.3 Å². The second kappa shape index (κ2) is 7.46. The number of hydrogen-bond acceptors (Lipinski definition) is 3. The molecule has 0 saturated carbocycles. The van der Waals surface area contributed by atoms with Crippen molar-refractivity contribution in [2.24, 2.45) is 0 Å². The zero-order valence-electron chi connectivity index (χ0n) is 13.1. The molecule has 0 amide bonds. The molecule has 0 bridgehead atoms. The van der Waals surface area contributed by atoms with Crippen molar-refractivity contribution in [3.8, 4) is 0 Å². The van der Waals surface area contributed by atoms with E-state index in [1.165, 1.54) is 0 Å². The highest BCUT2D eigenvalue weighted by atomic mass is 16.5. The van der Waals surface area contributed by atoms with E-state index in [0.29, 0.717) is 11.5 Å². The van der Waals surface area contributed by atoms with Crippen LogP contribution >= 0.6 is 0 Å². The molecule has 0 heterocycles. The molecule has 2 aromatic carbocycles. The fraction of sp³-hybridized carbons (Fsp3) is 0.211. The lowest BCUT2D eigenvalue weighted by atomic mass is 9.94. The minimum absolute atomic E-state index is 0.213. The molecule has 22 heavy (non-hydrogen) atoms. The standard InChI is InChI=1S/C19H20O3/c1-14(13-20)16-11-7-8-12-17(16)19(22-3)18(21-2)15-9-5-4-6-10-15/h4-14H,1-3H3/b19-18-. The predicted molar refractivity (Wildman–Crippen MR) is 88.2 cm³/mol. The molecule has 3 heteroatoms. The SMILES string of the molecule is CO/C(=C(\OC)c1ccccc1C(C)C=O)c1ccccc1. The van der Waals surface area contributed by atoms with Crippen molar-refractivity contribution in [1.82, 2.24) is 0 Å². The van der Waals surface area contributed by atoms with Crippen LogP contribution in [0.2, 0.25) is 0 Å². The number of ether oxygens (including phenoxy) is 2. The van der Waals surface area contributed by atoms with Gasteiger partial charge in [-0.1, -0.05) is 61.5 Å². The van der Waals surface area contributed by atoms with Gasteiger partial charge in [-0.3, -0.25) is 0 Å². The van der Waals surface area contributed by atoms with Gasteiger partial charge in [-0.2, -0.15) is 0 Å². The second-order valence-electron chi connectivity index (χ2n) is 4.94. The molecule has 3 nitrogen and oxygen atoms in total. The first-order valence-electron chi connectivity index (χ1n) is 7.15. The molecular formula is C19H20O3. The first kappa shape index (κ1) is 15.8. The highest BCUT2D eigenvalue weighted by molar-refractivity contribution is 5.86. The molecule has 2 aromatic rings. The van der Waals surface area contributed by atoms with Crippen LogP contribution in [0.25, 0.3) is 11.5 Å². The van der Waals surface area contributed by atoms with Gasteiger partial charge in [0.2, 0.25) is 0 Å². The van der Waals surface area contributed by atoms with Crippen LogP contribution in [0.4, 0.5) is 0 Å². The van der Waals surface area contributed by atoms with Gasteiger partial charge in [0.05, 0.1) is 14.2 Å². The van der Waals surface area contributed by atoms with Gasteiger partial charge in [-0.25, -0.2) is 0 Å². The van der Waals surface area contributed by atoms with E-state index >= 15 is 0 Å². The zero-order valence-corrected chi connectivity index (χ0v) is 13.1. The summed E-state index contributed by atoms with van der Waals surface area (Å²) in [6, 6.07) is 17.5. The largest absolute Gasteiger partial charge is 0.492 e. The van der Waals surface area contributed by atoms with Crippen LogP contribution in [0.15, 0.2) is 54.6 Å². The molecule has 0 N–H and O–H groups in total. The third-order valence-corrected chi connectivity index (χ3v) is 3.55. The van der Waals surface area contributed by atoms with Crippen molar-refractivity contribution in [2.45, 2.75) is 12.8 Å². The van der Waals surface area contributed by atoms with Gasteiger partial charge in [-0.05, 0) is 5.56 Å². The molecular weight excluding hydrogens is 276 g/mol. The second-order valence-corrected chi connectivity index (χ2v) is 4.94. The van der Waals surface area contributed by atoms with Crippen molar-refractivity contribution in [3.63, 3.8) is 0 Å². The summed E-state index contributed by atoms with van der Waals surface area (Å²) in [7, 11) is 3.23. The van der Waals surface area contributed by atoms with Gasteiger partial charge < -0.3 is 14.3 Å². The topological polar surface area (TPSA) is 35.5 Å². The van der Waals surface area contributed by atoms with E-state index in [1.807, 2.05) is 61.5 Å². The maximum Gasteiger partial charge on any atom is 0.168 e. The summed E-state index contributed by atoms with van der Waals surface area (Å²) in [6.07, 6.45) is 0.932. The van der Waals surface area contributed by atoms with E-state index in [-0.39, 0.29) is 5.92 Å². The van der Waals surface area contributed by atoms with Crippen LogP contribution in [0.5, 0.6) is 0 Å². The van der Waals surface area contributed by atoms with Crippen molar-refractivity contribution >= 4 is 17.8 Å². The monoisotopic (exact) mass is 296 g/mol. The maximum atomic E-state index is 11.2. The quantitative estimate of drug-likeness (QED) is 0.457. The third kappa shape index (κ3) is 3.19. The number of carbonyl (C=O) groups excluding carboxylic acids is 1. The first-order valence-corrected chi connectivity index (χ1v) is 7.15. The molecule has 0 fully saturated rings. The molecule has 0 saturated heterocycles. The summed E-state index contributed by atoms with van der Waals surface area (Å²) >= 11 is 0. The number of aldehydes is 1. The number of rotatable bonds is 6. The Labute approximate surface area is 131 Å². The molecule has 0 aromatic heterocycles. The summed E-state index contributed by atoms with van der Waals surface area (Å²) < 4.78 is 11.2. The lowest BCUT2D eigenvalue weighted by Crippen LogP contribution is -2.04. The molecule has 0 radical (unpaired) electrons. The zero-order chi connectivity index (χ0) is 15.9. The Hall–Kier alpha value is -2.55. The molecule has 0 spiro atoms. The summed E-state index contributed by atoms with van der Waals surface area (Å²) in [5.41, 5.74) is 2.71. The van der Waals surface area contributed by atoms with Crippen molar-refractivity contribution in [2.75, 3.05) is 14.2 Å². The minimum atomic E-state index is -0.213. The van der Waals surface area contributed by atoms with Gasteiger partial charge >= 0.3 is 0 Å². The van der Waals surface area contributed by atoms with Crippen LogP contribution in [0.3, 0.4) is 0 Å². The highest BCUT2D eigenvalue weighted by Gasteiger charge is 2.18. The molecule has 0 aliphatic carbocycles. The van der Waals surface area contributed by atoms with E-state index in [1.54, 1.807) is 14.2 Å². The Balaban J connectivity index is 2.65.